The van der Waals surface area contributed by atoms with E-state index in [-0.39, 0.29) is 0 Å². The van der Waals surface area contributed by atoms with Gasteiger partial charge in [0.05, 0.1) is 0 Å². The van der Waals surface area contributed by atoms with Crippen molar-refractivity contribution in [3.8, 4) is 0 Å². The molecule has 1 saturated heterocycles. The van der Waals surface area contributed by atoms with Crippen LogP contribution in [-0.2, 0) is 23.8 Å². The van der Waals surface area contributed by atoms with E-state index in [4.69, 9.17) is 0 Å². The lowest BCUT2D eigenvalue weighted by Gasteiger charge is -2.37. The number of ether oxygens (including phenoxy) is 3. The van der Waals surface area contributed by atoms with E-state index >= 15 is 0 Å². The van der Waals surface area contributed by atoms with Crippen LogP contribution in [0.2, 0.25) is 0 Å². The van der Waals surface area contributed by atoms with E-state index in [2.05, 4.69) is 14.2 Å². The maximum absolute atomic E-state index is 13.1. The van der Waals surface area contributed by atoms with Crippen LogP contribution in [-0.4, -0.2) is 58.5 Å². The Morgan fingerprint density at radius 1 is 1.24 bits per heavy atom. The Hall–Kier alpha value is -1.39. The zero-order chi connectivity index (χ0) is 16.6. The second kappa shape index (κ2) is 5.43. The van der Waals surface area contributed by atoms with Gasteiger partial charge in [-0.1, -0.05) is 0 Å². The van der Waals surface area contributed by atoms with Crippen molar-refractivity contribution in [2.24, 2.45) is 0 Å². The summed E-state index contributed by atoms with van der Waals surface area (Å²) in [5.41, 5.74) is -3.86. The molecular weight excluding hydrogens is 301 g/mol. The number of aliphatic hydroxyl groups is 2. The van der Waals surface area contributed by atoms with Crippen molar-refractivity contribution < 1.29 is 47.2 Å². The van der Waals surface area contributed by atoms with E-state index in [1.165, 1.54) is 0 Å². The quantitative estimate of drug-likeness (QED) is 0.700. The number of carbonyl (C=O) groups excluding carboxylic acids is 2. The Labute approximate surface area is 117 Å². The molecule has 2 N–H and O–H groups in total. The Morgan fingerprint density at radius 3 is 2.14 bits per heavy atom. The van der Waals surface area contributed by atoms with E-state index in [0.29, 0.717) is 6.92 Å². The zero-order valence-electron chi connectivity index (χ0n) is 11.4. The standard InChI is InChI=1S/C11H15F3O7/c1-5(15)19-4-7-8(20-6(2)16)10(18,11(12,13)14)9(3,17)21-7/h7-8,17-18H,4H2,1-3H3/t7-,8-,9+,10-/m1/s1. The molecule has 1 fully saturated rings. The van der Waals surface area contributed by atoms with Gasteiger partial charge in [-0.25, -0.2) is 0 Å². The van der Waals surface area contributed by atoms with Crippen molar-refractivity contribution in [3.05, 3.63) is 0 Å². The number of esters is 2. The normalized spacial score (nSPS) is 36.4. The number of carbonyl (C=O) groups is 2. The second-order valence-corrected chi connectivity index (χ2v) is 4.74. The SMILES string of the molecule is CC(=O)OC[C@H]1O[C@](C)(O)[C@@](O)(C(F)(F)F)[C@@H]1OC(C)=O. The van der Waals surface area contributed by atoms with Gasteiger partial charge in [0.15, 0.2) is 6.10 Å². The summed E-state index contributed by atoms with van der Waals surface area (Å²) in [6.45, 7) is 1.67. The van der Waals surface area contributed by atoms with Gasteiger partial charge >= 0.3 is 18.1 Å². The molecule has 1 heterocycles. The molecule has 4 atom stereocenters. The average Bonchev–Trinajstić information content (AvgIpc) is 2.46. The lowest BCUT2D eigenvalue weighted by Crippen LogP contribution is -2.65. The third-order valence-electron chi connectivity index (χ3n) is 3.01. The largest absolute Gasteiger partial charge is 0.463 e. The van der Waals surface area contributed by atoms with E-state index in [0.717, 1.165) is 13.8 Å². The summed E-state index contributed by atoms with van der Waals surface area (Å²) in [5.74, 6) is -5.03. The third-order valence-corrected chi connectivity index (χ3v) is 3.01. The van der Waals surface area contributed by atoms with Crippen molar-refractivity contribution in [3.63, 3.8) is 0 Å². The van der Waals surface area contributed by atoms with Crippen LogP contribution < -0.4 is 0 Å². The van der Waals surface area contributed by atoms with E-state index < -0.39 is 48.3 Å². The fourth-order valence-corrected chi connectivity index (χ4v) is 2.06. The van der Waals surface area contributed by atoms with E-state index in [1.807, 2.05) is 0 Å². The summed E-state index contributed by atoms with van der Waals surface area (Å²) in [6, 6.07) is 0. The Morgan fingerprint density at radius 2 is 1.76 bits per heavy atom. The van der Waals surface area contributed by atoms with Crippen LogP contribution in [0.5, 0.6) is 0 Å². The predicted octanol–water partition coefficient (Wildman–Crippen LogP) is -0.118. The third kappa shape index (κ3) is 3.11. The highest BCUT2D eigenvalue weighted by molar-refractivity contribution is 5.67. The van der Waals surface area contributed by atoms with Crippen LogP contribution in [0, 0.1) is 0 Å². The molecule has 0 amide bonds. The smallest absolute Gasteiger partial charge is 0.426 e. The summed E-state index contributed by atoms with van der Waals surface area (Å²) in [6.07, 6.45) is -9.33. The maximum Gasteiger partial charge on any atom is 0.426 e. The first kappa shape index (κ1) is 17.7. The molecule has 122 valence electrons. The molecule has 1 aliphatic heterocycles. The van der Waals surface area contributed by atoms with Crippen LogP contribution in [0.4, 0.5) is 13.2 Å². The number of hydrogen-bond acceptors (Lipinski definition) is 7. The molecule has 0 aliphatic carbocycles. The molecule has 0 spiro atoms. The van der Waals surface area contributed by atoms with Gasteiger partial charge in [-0.2, -0.15) is 13.2 Å². The van der Waals surface area contributed by atoms with Gasteiger partial charge < -0.3 is 24.4 Å². The molecular formula is C11H15F3O7. The van der Waals surface area contributed by atoms with Crippen LogP contribution in [0.15, 0.2) is 0 Å². The average molecular weight is 316 g/mol. The summed E-state index contributed by atoms with van der Waals surface area (Å²) in [5, 5.41) is 19.6. The summed E-state index contributed by atoms with van der Waals surface area (Å²) in [7, 11) is 0. The molecule has 0 aromatic rings. The minimum absolute atomic E-state index is 0.574. The first-order valence-corrected chi connectivity index (χ1v) is 5.83. The molecule has 10 heteroatoms. The van der Waals surface area contributed by atoms with Gasteiger partial charge in [0.1, 0.15) is 12.7 Å². The summed E-state index contributed by atoms with van der Waals surface area (Å²) < 4.78 is 53.0. The summed E-state index contributed by atoms with van der Waals surface area (Å²) >= 11 is 0. The first-order valence-electron chi connectivity index (χ1n) is 5.83. The molecule has 0 unspecified atom stereocenters. The minimum atomic E-state index is -5.36. The molecule has 21 heavy (non-hydrogen) atoms. The maximum atomic E-state index is 13.1. The molecule has 0 bridgehead atoms. The van der Waals surface area contributed by atoms with Crippen LogP contribution in [0.25, 0.3) is 0 Å². The van der Waals surface area contributed by atoms with Crippen molar-refractivity contribution in [2.75, 3.05) is 6.61 Å². The van der Waals surface area contributed by atoms with Gasteiger partial charge in [-0.05, 0) is 6.92 Å². The van der Waals surface area contributed by atoms with E-state index in [1.54, 1.807) is 0 Å². The van der Waals surface area contributed by atoms with Crippen molar-refractivity contribution in [1.82, 2.24) is 0 Å². The van der Waals surface area contributed by atoms with Gasteiger partial charge in [0.25, 0.3) is 5.60 Å². The summed E-state index contributed by atoms with van der Waals surface area (Å²) in [4.78, 5) is 21.7. The Kier molecular flexibility index (Phi) is 4.56. The van der Waals surface area contributed by atoms with Crippen molar-refractivity contribution in [1.29, 1.82) is 0 Å². The fraction of sp³-hybridized carbons (Fsp3) is 0.818. The molecule has 7 nitrogen and oxygen atoms in total. The highest BCUT2D eigenvalue weighted by Crippen LogP contribution is 2.49. The molecule has 0 aromatic heterocycles. The molecule has 0 radical (unpaired) electrons. The fourth-order valence-electron chi connectivity index (χ4n) is 2.06. The zero-order valence-corrected chi connectivity index (χ0v) is 11.4. The molecule has 1 rings (SSSR count). The lowest BCUT2D eigenvalue weighted by atomic mass is 9.88. The second-order valence-electron chi connectivity index (χ2n) is 4.74. The lowest BCUT2D eigenvalue weighted by molar-refractivity contribution is -0.358. The highest BCUT2D eigenvalue weighted by Gasteiger charge is 2.77. The number of rotatable bonds is 3. The molecule has 0 aromatic carbocycles. The Balaban J connectivity index is 3.19. The molecule has 1 aliphatic rings. The van der Waals surface area contributed by atoms with Crippen molar-refractivity contribution >= 4 is 11.9 Å². The van der Waals surface area contributed by atoms with Crippen LogP contribution in [0.1, 0.15) is 20.8 Å². The number of alkyl halides is 3. The van der Waals surface area contributed by atoms with Gasteiger partial charge in [0.2, 0.25) is 5.79 Å². The monoisotopic (exact) mass is 316 g/mol. The van der Waals surface area contributed by atoms with Crippen molar-refractivity contribution in [2.45, 2.75) is 50.5 Å². The van der Waals surface area contributed by atoms with Crippen LogP contribution in [0.3, 0.4) is 0 Å². The topological polar surface area (TPSA) is 102 Å². The van der Waals surface area contributed by atoms with Gasteiger partial charge in [0, 0.05) is 13.8 Å². The first-order chi connectivity index (χ1) is 9.33. The highest BCUT2D eigenvalue weighted by atomic mass is 19.4. The minimum Gasteiger partial charge on any atom is -0.463 e. The van der Waals surface area contributed by atoms with Crippen LogP contribution >= 0.6 is 0 Å². The Bertz CT molecular complexity index is 434. The number of hydrogen-bond donors (Lipinski definition) is 2. The molecule has 0 saturated carbocycles. The van der Waals surface area contributed by atoms with Gasteiger partial charge in [-0.15, -0.1) is 0 Å². The number of halogens is 3. The van der Waals surface area contributed by atoms with E-state index in [9.17, 15) is 33.0 Å². The van der Waals surface area contributed by atoms with Gasteiger partial charge in [-0.3, -0.25) is 9.59 Å². The predicted molar refractivity (Wildman–Crippen MR) is 58.7 cm³/mol.